The number of rotatable bonds is 7. The maximum Gasteiger partial charge on any atom is 0.222 e. The van der Waals surface area contributed by atoms with Gasteiger partial charge in [-0.15, -0.1) is 0 Å². The fourth-order valence-electron chi connectivity index (χ4n) is 1.92. The summed E-state index contributed by atoms with van der Waals surface area (Å²) >= 11 is 0. The zero-order chi connectivity index (χ0) is 16.5. The number of hydrogen-bond acceptors (Lipinski definition) is 2. The molecule has 1 amide bonds. The number of primary amides is 1. The minimum atomic E-state index is -0.392. The number of nitrogens with zero attached hydrogens (tertiary/aromatic N) is 1. The van der Waals surface area contributed by atoms with Crippen LogP contribution in [0, 0.1) is 17.7 Å². The summed E-state index contributed by atoms with van der Waals surface area (Å²) in [5.41, 5.74) is 6.32. The molecule has 0 radical (unpaired) electrons. The largest absolute Gasteiger partial charge is 0.369 e. The standard InChI is InChI=1S/C16H25FN4O/c1-11(2)9-20-16(19-3)21-10-13(15(18)22)8-12-4-6-14(17)7-5-12/h4-7,11,13H,8-10H2,1-3H3,(H2,18,22)(H2,19,20,21). The third-order valence-corrected chi connectivity index (χ3v) is 3.21. The number of carbonyl (C=O) groups is 1. The van der Waals surface area contributed by atoms with Crippen LogP contribution in [0.1, 0.15) is 19.4 Å². The summed E-state index contributed by atoms with van der Waals surface area (Å²) in [6, 6.07) is 6.09. The van der Waals surface area contributed by atoms with Gasteiger partial charge in [-0.3, -0.25) is 9.79 Å². The smallest absolute Gasteiger partial charge is 0.222 e. The number of benzene rings is 1. The minimum Gasteiger partial charge on any atom is -0.369 e. The maximum atomic E-state index is 12.9. The highest BCUT2D eigenvalue weighted by atomic mass is 19.1. The summed E-state index contributed by atoms with van der Waals surface area (Å²) in [7, 11) is 1.68. The van der Waals surface area contributed by atoms with Crippen LogP contribution in [0.25, 0.3) is 0 Å². The molecule has 1 aromatic rings. The molecule has 4 N–H and O–H groups in total. The van der Waals surface area contributed by atoms with Gasteiger partial charge in [0.15, 0.2) is 5.96 Å². The molecule has 0 aliphatic carbocycles. The van der Waals surface area contributed by atoms with E-state index in [-0.39, 0.29) is 11.7 Å². The van der Waals surface area contributed by atoms with Crippen LogP contribution in [0.15, 0.2) is 29.3 Å². The first kappa shape index (κ1) is 17.9. The van der Waals surface area contributed by atoms with Gasteiger partial charge in [0.2, 0.25) is 5.91 Å². The summed E-state index contributed by atoms with van der Waals surface area (Å²) < 4.78 is 12.9. The van der Waals surface area contributed by atoms with E-state index in [4.69, 9.17) is 5.73 Å². The Bertz CT molecular complexity index is 499. The zero-order valence-corrected chi connectivity index (χ0v) is 13.4. The highest BCUT2D eigenvalue weighted by Crippen LogP contribution is 2.09. The predicted octanol–water partition coefficient (Wildman–Crippen LogP) is 1.29. The number of carbonyl (C=O) groups excluding carboxylic acids is 1. The van der Waals surface area contributed by atoms with Gasteiger partial charge in [-0.1, -0.05) is 26.0 Å². The van der Waals surface area contributed by atoms with E-state index in [1.54, 1.807) is 19.2 Å². The molecule has 0 spiro atoms. The van der Waals surface area contributed by atoms with Crippen molar-refractivity contribution in [2.75, 3.05) is 20.1 Å². The molecule has 0 bridgehead atoms. The lowest BCUT2D eigenvalue weighted by Crippen LogP contribution is -2.44. The molecule has 0 aromatic heterocycles. The summed E-state index contributed by atoms with van der Waals surface area (Å²) in [5.74, 6) is 0.0544. The summed E-state index contributed by atoms with van der Waals surface area (Å²) in [6.07, 6.45) is 0.462. The van der Waals surface area contributed by atoms with E-state index in [2.05, 4.69) is 29.5 Å². The van der Waals surface area contributed by atoms with E-state index in [1.807, 2.05) is 0 Å². The fraction of sp³-hybridized carbons (Fsp3) is 0.500. The van der Waals surface area contributed by atoms with Crippen molar-refractivity contribution in [2.45, 2.75) is 20.3 Å². The molecule has 1 rings (SSSR count). The second-order valence-corrected chi connectivity index (χ2v) is 5.66. The third kappa shape index (κ3) is 6.56. The topological polar surface area (TPSA) is 79.5 Å². The second kappa shape index (κ2) is 9.02. The first-order valence-corrected chi connectivity index (χ1v) is 7.40. The van der Waals surface area contributed by atoms with Crippen LogP contribution < -0.4 is 16.4 Å². The van der Waals surface area contributed by atoms with Gasteiger partial charge in [0.25, 0.3) is 0 Å². The first-order chi connectivity index (χ1) is 10.4. The van der Waals surface area contributed by atoms with Gasteiger partial charge in [0, 0.05) is 20.1 Å². The normalized spacial score (nSPS) is 13.0. The number of amides is 1. The second-order valence-electron chi connectivity index (χ2n) is 5.66. The lowest BCUT2D eigenvalue weighted by molar-refractivity contribution is -0.121. The van der Waals surface area contributed by atoms with Crippen molar-refractivity contribution < 1.29 is 9.18 Å². The third-order valence-electron chi connectivity index (χ3n) is 3.21. The van der Waals surface area contributed by atoms with Gasteiger partial charge in [-0.25, -0.2) is 4.39 Å². The molecule has 1 atom stereocenters. The van der Waals surface area contributed by atoms with Crippen LogP contribution in [0.3, 0.4) is 0 Å². The van der Waals surface area contributed by atoms with Crippen LogP contribution in [-0.2, 0) is 11.2 Å². The summed E-state index contributed by atoms with van der Waals surface area (Å²) in [5, 5.41) is 6.27. The number of hydrogen-bond donors (Lipinski definition) is 3. The molecule has 0 saturated carbocycles. The number of nitrogens with one attached hydrogen (secondary N) is 2. The van der Waals surface area contributed by atoms with Gasteiger partial charge >= 0.3 is 0 Å². The molecule has 0 aliphatic rings. The van der Waals surface area contributed by atoms with Gasteiger partial charge in [-0.2, -0.15) is 0 Å². The Labute approximate surface area is 131 Å². The van der Waals surface area contributed by atoms with Crippen molar-refractivity contribution in [3.8, 4) is 0 Å². The number of aliphatic imine (C=N–C) groups is 1. The van der Waals surface area contributed by atoms with Crippen molar-refractivity contribution >= 4 is 11.9 Å². The molecular weight excluding hydrogens is 283 g/mol. The van der Waals surface area contributed by atoms with E-state index in [0.717, 1.165) is 12.1 Å². The Morgan fingerprint density at radius 3 is 2.32 bits per heavy atom. The van der Waals surface area contributed by atoms with Crippen molar-refractivity contribution in [3.63, 3.8) is 0 Å². The van der Waals surface area contributed by atoms with Crippen LogP contribution in [0.4, 0.5) is 4.39 Å². The Hall–Kier alpha value is -2.11. The van der Waals surface area contributed by atoms with E-state index in [0.29, 0.717) is 24.8 Å². The highest BCUT2D eigenvalue weighted by Gasteiger charge is 2.16. The number of guanidine groups is 1. The number of halogens is 1. The molecule has 0 saturated heterocycles. The minimum absolute atomic E-state index is 0.296. The molecular formula is C16H25FN4O. The van der Waals surface area contributed by atoms with Crippen molar-refractivity contribution in [1.29, 1.82) is 0 Å². The van der Waals surface area contributed by atoms with Crippen molar-refractivity contribution in [1.82, 2.24) is 10.6 Å². The lowest BCUT2D eigenvalue weighted by atomic mass is 9.98. The van der Waals surface area contributed by atoms with Crippen molar-refractivity contribution in [3.05, 3.63) is 35.6 Å². The first-order valence-electron chi connectivity index (χ1n) is 7.40. The van der Waals surface area contributed by atoms with Gasteiger partial charge in [-0.05, 0) is 30.0 Å². The average molecular weight is 308 g/mol. The van der Waals surface area contributed by atoms with E-state index < -0.39 is 5.91 Å². The summed E-state index contributed by atoms with van der Waals surface area (Å²) in [4.78, 5) is 15.7. The van der Waals surface area contributed by atoms with Crippen LogP contribution >= 0.6 is 0 Å². The molecule has 1 aromatic carbocycles. The Morgan fingerprint density at radius 1 is 1.23 bits per heavy atom. The Balaban J connectivity index is 2.57. The monoisotopic (exact) mass is 308 g/mol. The van der Waals surface area contributed by atoms with Gasteiger partial charge in [0.1, 0.15) is 5.82 Å². The SMILES string of the molecule is CN=C(NCC(C)C)NCC(Cc1ccc(F)cc1)C(N)=O. The van der Waals surface area contributed by atoms with E-state index >= 15 is 0 Å². The van der Waals surface area contributed by atoms with Crippen LogP contribution in [0.5, 0.6) is 0 Å². The molecule has 122 valence electrons. The highest BCUT2D eigenvalue weighted by molar-refractivity contribution is 5.81. The number of nitrogens with two attached hydrogens (primary N) is 1. The lowest BCUT2D eigenvalue weighted by Gasteiger charge is -2.18. The van der Waals surface area contributed by atoms with Gasteiger partial charge in [0.05, 0.1) is 5.92 Å². The Kier molecular flexibility index (Phi) is 7.36. The quantitative estimate of drug-likeness (QED) is 0.524. The molecule has 22 heavy (non-hydrogen) atoms. The van der Waals surface area contributed by atoms with Crippen LogP contribution in [-0.4, -0.2) is 32.0 Å². The molecule has 0 heterocycles. The molecule has 1 unspecified atom stereocenters. The van der Waals surface area contributed by atoms with E-state index in [1.165, 1.54) is 12.1 Å². The molecule has 5 nitrogen and oxygen atoms in total. The maximum absolute atomic E-state index is 12.9. The average Bonchev–Trinajstić information content (AvgIpc) is 2.47. The van der Waals surface area contributed by atoms with E-state index in [9.17, 15) is 9.18 Å². The van der Waals surface area contributed by atoms with Crippen molar-refractivity contribution in [2.24, 2.45) is 22.6 Å². The predicted molar refractivity (Wildman–Crippen MR) is 87.0 cm³/mol. The Morgan fingerprint density at radius 2 is 1.82 bits per heavy atom. The molecule has 0 aliphatic heterocycles. The molecule has 0 fully saturated rings. The fourth-order valence-corrected chi connectivity index (χ4v) is 1.92. The van der Waals surface area contributed by atoms with Crippen LogP contribution in [0.2, 0.25) is 0 Å². The molecule has 6 heteroatoms. The zero-order valence-electron chi connectivity index (χ0n) is 13.4. The summed E-state index contributed by atoms with van der Waals surface area (Å²) in [6.45, 7) is 5.37. The van der Waals surface area contributed by atoms with Gasteiger partial charge < -0.3 is 16.4 Å².